The zero-order valence-electron chi connectivity index (χ0n) is 27.1. The van der Waals surface area contributed by atoms with Crippen LogP contribution in [0.4, 0.5) is 15.1 Å². The molecule has 0 aliphatic heterocycles. The lowest BCUT2D eigenvalue weighted by Crippen LogP contribution is -2.30. The highest BCUT2D eigenvalue weighted by atomic mass is 35.5. The van der Waals surface area contributed by atoms with Crippen LogP contribution in [0.15, 0.2) is 83.4 Å². The van der Waals surface area contributed by atoms with Crippen LogP contribution in [0.1, 0.15) is 63.9 Å². The first-order valence-corrected chi connectivity index (χ1v) is 17.8. The summed E-state index contributed by atoms with van der Waals surface area (Å²) in [6, 6.07) is 19.3. The molecule has 49 heavy (non-hydrogen) atoms. The van der Waals surface area contributed by atoms with Gasteiger partial charge in [-0.15, -0.1) is 23.1 Å². The van der Waals surface area contributed by atoms with E-state index < -0.39 is 28.9 Å². The van der Waals surface area contributed by atoms with E-state index >= 15 is 0 Å². The average Bonchev–Trinajstić information content (AvgIpc) is 3.43. The molecule has 0 radical (unpaired) electrons. The van der Waals surface area contributed by atoms with Gasteiger partial charge in [-0.25, -0.2) is 9.18 Å². The highest BCUT2D eigenvalue weighted by Crippen LogP contribution is 2.40. The fourth-order valence-corrected chi connectivity index (χ4v) is 7.86. The number of ether oxygens (including phenoxy) is 1. The summed E-state index contributed by atoms with van der Waals surface area (Å²) in [7, 11) is 0. The topological polar surface area (TPSA) is 114 Å². The molecule has 1 heterocycles. The van der Waals surface area contributed by atoms with Crippen LogP contribution in [0, 0.1) is 11.7 Å². The lowest BCUT2D eigenvalue weighted by molar-refractivity contribution is -0.115. The fourth-order valence-electron chi connectivity index (χ4n) is 5.31. The van der Waals surface area contributed by atoms with Gasteiger partial charge in [0.15, 0.2) is 0 Å². The second-order valence-electron chi connectivity index (χ2n) is 11.5. The zero-order valence-corrected chi connectivity index (χ0v) is 29.5. The SMILES string of the molecule is CCOC(=O)c1c(NC(=O)C(C)Sc2cccc(NC(=O)/C(=C\c3c(F)cccc3Cl)NC(=O)c3ccccc3)c2)sc2c1CCC(C)C2. The highest BCUT2D eigenvalue weighted by Gasteiger charge is 2.30. The lowest BCUT2D eigenvalue weighted by Gasteiger charge is -2.18. The van der Waals surface area contributed by atoms with Crippen molar-refractivity contribution in [2.75, 3.05) is 17.2 Å². The third-order valence-corrected chi connectivity index (χ3v) is 10.4. The molecule has 254 valence electrons. The summed E-state index contributed by atoms with van der Waals surface area (Å²) in [6.45, 7) is 5.92. The van der Waals surface area contributed by atoms with Crippen LogP contribution in [0.25, 0.3) is 6.08 Å². The smallest absolute Gasteiger partial charge is 0.341 e. The van der Waals surface area contributed by atoms with E-state index in [0.717, 1.165) is 29.7 Å². The average molecular weight is 720 g/mol. The summed E-state index contributed by atoms with van der Waals surface area (Å²) >= 11 is 8.92. The number of hydrogen-bond acceptors (Lipinski definition) is 7. The highest BCUT2D eigenvalue weighted by molar-refractivity contribution is 8.00. The fraction of sp³-hybridized carbons (Fsp3) is 0.243. The molecular formula is C37H35ClFN3O5S2. The molecule has 0 saturated heterocycles. The van der Waals surface area contributed by atoms with Crippen molar-refractivity contribution < 1.29 is 28.3 Å². The van der Waals surface area contributed by atoms with E-state index in [4.69, 9.17) is 16.3 Å². The van der Waals surface area contributed by atoms with E-state index in [0.29, 0.717) is 32.6 Å². The molecule has 12 heteroatoms. The quantitative estimate of drug-likeness (QED) is 0.0816. The van der Waals surface area contributed by atoms with Crippen LogP contribution in [-0.2, 0) is 27.2 Å². The predicted octanol–water partition coefficient (Wildman–Crippen LogP) is 8.37. The minimum atomic E-state index is -0.709. The van der Waals surface area contributed by atoms with Crippen LogP contribution in [0.2, 0.25) is 5.02 Å². The number of halogens is 2. The lowest BCUT2D eigenvalue weighted by atomic mass is 9.88. The largest absolute Gasteiger partial charge is 0.462 e. The van der Waals surface area contributed by atoms with Crippen molar-refractivity contribution in [2.24, 2.45) is 5.92 Å². The maximum absolute atomic E-state index is 14.7. The van der Waals surface area contributed by atoms with Gasteiger partial charge in [-0.3, -0.25) is 14.4 Å². The van der Waals surface area contributed by atoms with Gasteiger partial charge in [0.25, 0.3) is 11.8 Å². The number of anilines is 2. The maximum Gasteiger partial charge on any atom is 0.341 e. The first kappa shape index (κ1) is 35.8. The number of carbonyl (C=O) groups is 4. The number of benzene rings is 3. The molecule has 0 fully saturated rings. The minimum Gasteiger partial charge on any atom is -0.462 e. The van der Waals surface area contributed by atoms with Gasteiger partial charge >= 0.3 is 5.97 Å². The van der Waals surface area contributed by atoms with Gasteiger partial charge in [-0.05, 0) is 93.1 Å². The van der Waals surface area contributed by atoms with Gasteiger partial charge < -0.3 is 20.7 Å². The Hall–Kier alpha value is -4.45. The Kier molecular flexibility index (Phi) is 11.9. The molecule has 0 spiro atoms. The molecule has 3 aromatic carbocycles. The molecule has 8 nitrogen and oxygen atoms in total. The molecule has 0 bridgehead atoms. The first-order valence-electron chi connectivity index (χ1n) is 15.8. The van der Waals surface area contributed by atoms with Crippen molar-refractivity contribution in [2.45, 2.75) is 50.2 Å². The van der Waals surface area contributed by atoms with Crippen molar-refractivity contribution in [1.82, 2.24) is 5.32 Å². The summed E-state index contributed by atoms with van der Waals surface area (Å²) in [6.07, 6.45) is 3.77. The first-order chi connectivity index (χ1) is 23.5. The van der Waals surface area contributed by atoms with Crippen LogP contribution in [-0.4, -0.2) is 35.5 Å². The molecule has 3 amide bonds. The van der Waals surface area contributed by atoms with Gasteiger partial charge in [0.1, 0.15) is 16.5 Å². The number of amides is 3. The van der Waals surface area contributed by atoms with Crippen LogP contribution >= 0.6 is 34.7 Å². The van der Waals surface area contributed by atoms with Crippen molar-refractivity contribution >= 4 is 75.2 Å². The Morgan fingerprint density at radius 1 is 1.06 bits per heavy atom. The molecule has 1 aromatic heterocycles. The number of thiophene rings is 1. The number of esters is 1. The van der Waals surface area contributed by atoms with Gasteiger partial charge in [-0.1, -0.05) is 48.9 Å². The van der Waals surface area contributed by atoms with Crippen molar-refractivity contribution in [3.8, 4) is 0 Å². The summed E-state index contributed by atoms with van der Waals surface area (Å²) in [5.41, 5.74) is 1.82. The molecule has 1 aliphatic carbocycles. The van der Waals surface area contributed by atoms with Crippen LogP contribution < -0.4 is 16.0 Å². The molecular weight excluding hydrogens is 685 g/mol. The normalized spacial score (nSPS) is 14.7. The molecule has 1 aliphatic rings. The number of thioether (sulfide) groups is 1. The monoisotopic (exact) mass is 719 g/mol. The van der Waals surface area contributed by atoms with Gasteiger partial charge in [0.2, 0.25) is 5.91 Å². The minimum absolute atomic E-state index is 0.0564. The van der Waals surface area contributed by atoms with E-state index in [1.807, 2.05) is 0 Å². The number of nitrogens with one attached hydrogen (secondary N) is 3. The van der Waals surface area contributed by atoms with Gasteiger partial charge in [0, 0.05) is 26.6 Å². The Labute approximate surface area is 297 Å². The van der Waals surface area contributed by atoms with E-state index in [-0.39, 0.29) is 28.8 Å². The second-order valence-corrected chi connectivity index (χ2v) is 14.4. The maximum atomic E-state index is 14.7. The van der Waals surface area contributed by atoms with Crippen molar-refractivity contribution in [3.05, 3.63) is 116 Å². The van der Waals surface area contributed by atoms with Crippen LogP contribution in [0.3, 0.4) is 0 Å². The number of rotatable bonds is 11. The van der Waals surface area contributed by atoms with E-state index in [1.165, 1.54) is 47.4 Å². The second kappa shape index (κ2) is 16.3. The van der Waals surface area contributed by atoms with Crippen LogP contribution in [0.5, 0.6) is 0 Å². The molecule has 2 unspecified atom stereocenters. The molecule has 5 rings (SSSR count). The van der Waals surface area contributed by atoms with E-state index in [1.54, 1.807) is 68.4 Å². The standard InChI is InChI=1S/C37H35ClFN3O5S2/c1-4-47-37(46)32-26-17-16-21(2)18-31(26)49-36(32)42-33(43)22(3)48-25-13-8-12-24(19-25)40-35(45)30(20-27-28(38)14-9-15-29(27)39)41-34(44)23-10-6-5-7-11-23/h5-15,19-22H,4,16-18H2,1-3H3,(H,40,45)(H,41,44)(H,42,43)/b30-20+. The molecule has 0 saturated carbocycles. The van der Waals surface area contributed by atoms with E-state index in [2.05, 4.69) is 22.9 Å². The predicted molar refractivity (Wildman–Crippen MR) is 194 cm³/mol. The Morgan fingerprint density at radius 3 is 2.55 bits per heavy atom. The third-order valence-electron chi connectivity index (χ3n) is 7.82. The third kappa shape index (κ3) is 8.97. The Bertz CT molecular complexity index is 1890. The Balaban J connectivity index is 1.31. The number of carbonyl (C=O) groups excluding carboxylic acids is 4. The number of fused-ring (bicyclic) bond motifs is 1. The molecule has 3 N–H and O–H groups in total. The zero-order chi connectivity index (χ0) is 35.1. The summed E-state index contributed by atoms with van der Waals surface area (Å²) in [5.74, 6) is -2.16. The van der Waals surface area contributed by atoms with Crippen molar-refractivity contribution in [1.29, 1.82) is 0 Å². The molecule has 4 aromatic rings. The van der Waals surface area contributed by atoms with Gasteiger partial charge in [0.05, 0.1) is 22.4 Å². The summed E-state index contributed by atoms with van der Waals surface area (Å²) < 4.78 is 20.0. The van der Waals surface area contributed by atoms with Gasteiger partial charge in [-0.2, -0.15) is 0 Å². The summed E-state index contributed by atoms with van der Waals surface area (Å²) in [5, 5.41) is 8.30. The Morgan fingerprint density at radius 2 is 1.82 bits per heavy atom. The number of hydrogen-bond donors (Lipinski definition) is 3. The summed E-state index contributed by atoms with van der Waals surface area (Å²) in [4.78, 5) is 54.6. The van der Waals surface area contributed by atoms with E-state index in [9.17, 15) is 23.6 Å². The van der Waals surface area contributed by atoms with Crippen molar-refractivity contribution in [3.63, 3.8) is 0 Å². The molecule has 2 atom stereocenters.